The standard InChI is InChI=1S/C6H9N3O3/c1-2-9-3(5(7)10)4(12-2)6(8)11/h3-4H,1H3,(H2,7,10)(H2,8,11). The van der Waals surface area contributed by atoms with Crippen molar-refractivity contribution in [1.82, 2.24) is 0 Å². The number of rotatable bonds is 2. The number of primary amides is 2. The highest BCUT2D eigenvalue weighted by Gasteiger charge is 2.37. The van der Waals surface area contributed by atoms with Gasteiger partial charge in [0.1, 0.15) is 0 Å². The minimum Gasteiger partial charge on any atom is -0.465 e. The number of nitrogens with two attached hydrogens (primary N) is 2. The number of carbonyl (C=O) groups excluding carboxylic acids is 2. The molecule has 2 atom stereocenters. The van der Waals surface area contributed by atoms with E-state index in [1.54, 1.807) is 0 Å². The first-order chi connectivity index (χ1) is 5.52. The van der Waals surface area contributed by atoms with Crippen LogP contribution in [0.15, 0.2) is 4.99 Å². The van der Waals surface area contributed by atoms with Crippen LogP contribution in [-0.4, -0.2) is 29.9 Å². The van der Waals surface area contributed by atoms with Gasteiger partial charge in [-0.2, -0.15) is 0 Å². The number of amides is 2. The Balaban J connectivity index is 2.81. The fourth-order valence-corrected chi connectivity index (χ4v) is 0.969. The Hall–Kier alpha value is -1.59. The van der Waals surface area contributed by atoms with Crippen molar-refractivity contribution in [1.29, 1.82) is 0 Å². The molecule has 2 amide bonds. The normalized spacial score (nSPS) is 27.6. The van der Waals surface area contributed by atoms with Crippen molar-refractivity contribution in [3.05, 3.63) is 0 Å². The maximum Gasteiger partial charge on any atom is 0.261 e. The molecule has 0 bridgehead atoms. The summed E-state index contributed by atoms with van der Waals surface area (Å²) in [5.74, 6) is -1.20. The van der Waals surface area contributed by atoms with Gasteiger partial charge in [0.2, 0.25) is 12.0 Å². The van der Waals surface area contributed by atoms with Gasteiger partial charge in [0.05, 0.1) is 0 Å². The Morgan fingerprint density at radius 3 is 2.33 bits per heavy atom. The van der Waals surface area contributed by atoms with Crippen molar-refractivity contribution in [2.24, 2.45) is 16.5 Å². The van der Waals surface area contributed by atoms with Gasteiger partial charge < -0.3 is 16.2 Å². The molecule has 6 nitrogen and oxygen atoms in total. The summed E-state index contributed by atoms with van der Waals surface area (Å²) in [6.07, 6.45) is -1.04. The molecule has 0 saturated carbocycles. The molecule has 0 radical (unpaired) electrons. The maximum atomic E-state index is 10.7. The van der Waals surface area contributed by atoms with Crippen LogP contribution < -0.4 is 11.5 Å². The number of nitrogens with zero attached hydrogens (tertiary/aromatic N) is 1. The van der Waals surface area contributed by atoms with Gasteiger partial charge in [-0.1, -0.05) is 0 Å². The Kier molecular flexibility index (Phi) is 1.99. The van der Waals surface area contributed by atoms with E-state index < -0.39 is 24.0 Å². The van der Waals surface area contributed by atoms with Gasteiger partial charge in [-0.05, 0) is 0 Å². The average molecular weight is 171 g/mol. The SMILES string of the molecule is CC1=NC(C(N)=O)C(C(N)=O)O1. The molecule has 1 rings (SSSR count). The summed E-state index contributed by atoms with van der Waals surface area (Å²) in [6.45, 7) is 1.53. The maximum absolute atomic E-state index is 10.7. The molecule has 1 heterocycles. The lowest BCUT2D eigenvalue weighted by molar-refractivity contribution is -0.130. The molecule has 0 aromatic carbocycles. The van der Waals surface area contributed by atoms with Crippen LogP contribution in [0.3, 0.4) is 0 Å². The van der Waals surface area contributed by atoms with E-state index in [1.807, 2.05) is 0 Å². The Morgan fingerprint density at radius 2 is 2.00 bits per heavy atom. The van der Waals surface area contributed by atoms with Crippen LogP contribution in [0, 0.1) is 0 Å². The van der Waals surface area contributed by atoms with Crippen LogP contribution in [0.4, 0.5) is 0 Å². The number of carbonyl (C=O) groups is 2. The molecule has 1 aliphatic heterocycles. The molecule has 0 aromatic rings. The van der Waals surface area contributed by atoms with E-state index in [0.717, 1.165) is 0 Å². The largest absolute Gasteiger partial charge is 0.465 e. The lowest BCUT2D eigenvalue weighted by Gasteiger charge is -2.09. The molecule has 0 saturated heterocycles. The zero-order valence-corrected chi connectivity index (χ0v) is 6.48. The summed E-state index contributed by atoms with van der Waals surface area (Å²) in [7, 11) is 0. The van der Waals surface area contributed by atoms with Crippen molar-refractivity contribution in [3.63, 3.8) is 0 Å². The molecular formula is C6H9N3O3. The highest BCUT2D eigenvalue weighted by molar-refractivity contribution is 5.96. The minimum atomic E-state index is -1.04. The molecule has 6 heteroatoms. The molecule has 0 aliphatic carbocycles. The Labute approximate surface area is 68.6 Å². The van der Waals surface area contributed by atoms with E-state index in [4.69, 9.17) is 16.2 Å². The quantitative estimate of drug-likeness (QED) is 0.508. The number of hydrogen-bond acceptors (Lipinski definition) is 4. The summed E-state index contributed by atoms with van der Waals surface area (Å²) >= 11 is 0. The van der Waals surface area contributed by atoms with Gasteiger partial charge in [-0.15, -0.1) is 0 Å². The topological polar surface area (TPSA) is 108 Å². The average Bonchev–Trinajstić information content (AvgIpc) is 2.31. The highest BCUT2D eigenvalue weighted by Crippen LogP contribution is 2.12. The van der Waals surface area contributed by atoms with Crippen LogP contribution in [0.2, 0.25) is 0 Å². The van der Waals surface area contributed by atoms with Crippen LogP contribution in [0.1, 0.15) is 6.92 Å². The van der Waals surface area contributed by atoms with Crippen molar-refractivity contribution >= 4 is 17.7 Å². The summed E-state index contributed by atoms with van der Waals surface area (Å²) in [5.41, 5.74) is 9.90. The second-order valence-corrected chi connectivity index (χ2v) is 2.44. The monoisotopic (exact) mass is 171 g/mol. The molecule has 12 heavy (non-hydrogen) atoms. The van der Waals surface area contributed by atoms with Crippen LogP contribution in [0.5, 0.6) is 0 Å². The molecule has 66 valence electrons. The smallest absolute Gasteiger partial charge is 0.261 e. The van der Waals surface area contributed by atoms with Crippen LogP contribution in [-0.2, 0) is 14.3 Å². The van der Waals surface area contributed by atoms with Crippen LogP contribution >= 0.6 is 0 Å². The van der Waals surface area contributed by atoms with Gasteiger partial charge in [0, 0.05) is 6.92 Å². The predicted octanol–water partition coefficient (Wildman–Crippen LogP) is -1.86. The van der Waals surface area contributed by atoms with Crippen LogP contribution in [0.25, 0.3) is 0 Å². The van der Waals surface area contributed by atoms with E-state index in [2.05, 4.69) is 4.99 Å². The van der Waals surface area contributed by atoms with Crippen molar-refractivity contribution in [2.75, 3.05) is 0 Å². The van der Waals surface area contributed by atoms with Gasteiger partial charge in [-0.3, -0.25) is 9.59 Å². The zero-order chi connectivity index (χ0) is 9.30. The predicted molar refractivity (Wildman–Crippen MR) is 40.2 cm³/mol. The summed E-state index contributed by atoms with van der Waals surface area (Å²) in [6, 6.07) is -0.970. The van der Waals surface area contributed by atoms with E-state index >= 15 is 0 Å². The molecule has 1 aliphatic rings. The minimum absolute atomic E-state index is 0.252. The molecule has 0 aromatic heterocycles. The van der Waals surface area contributed by atoms with E-state index in [0.29, 0.717) is 0 Å². The first-order valence-corrected chi connectivity index (χ1v) is 3.32. The lowest BCUT2D eigenvalue weighted by atomic mass is 10.1. The first-order valence-electron chi connectivity index (χ1n) is 3.32. The number of hydrogen-bond donors (Lipinski definition) is 2. The molecular weight excluding hydrogens is 162 g/mol. The molecule has 0 spiro atoms. The van der Waals surface area contributed by atoms with Gasteiger partial charge in [0.15, 0.2) is 11.9 Å². The fourth-order valence-electron chi connectivity index (χ4n) is 0.969. The molecule has 4 N–H and O–H groups in total. The number of aliphatic imine (C=N–C) groups is 1. The highest BCUT2D eigenvalue weighted by atomic mass is 16.5. The lowest BCUT2D eigenvalue weighted by Crippen LogP contribution is -2.43. The van der Waals surface area contributed by atoms with Crippen molar-refractivity contribution in [2.45, 2.75) is 19.1 Å². The third-order valence-corrected chi connectivity index (χ3v) is 1.48. The van der Waals surface area contributed by atoms with Gasteiger partial charge in [0.25, 0.3) is 5.91 Å². The molecule has 2 unspecified atom stereocenters. The van der Waals surface area contributed by atoms with E-state index in [9.17, 15) is 9.59 Å². The Morgan fingerprint density at radius 1 is 1.42 bits per heavy atom. The van der Waals surface area contributed by atoms with Gasteiger partial charge in [-0.25, -0.2) is 4.99 Å². The third-order valence-electron chi connectivity index (χ3n) is 1.48. The Bertz CT molecular complexity index is 261. The molecule has 0 fully saturated rings. The summed E-state index contributed by atoms with van der Waals surface area (Å²) in [4.78, 5) is 25.1. The second-order valence-electron chi connectivity index (χ2n) is 2.44. The first kappa shape index (κ1) is 8.51. The zero-order valence-electron chi connectivity index (χ0n) is 6.48. The van der Waals surface area contributed by atoms with E-state index in [1.165, 1.54) is 6.92 Å². The second kappa shape index (κ2) is 2.80. The third kappa shape index (κ3) is 1.36. The van der Waals surface area contributed by atoms with Gasteiger partial charge >= 0.3 is 0 Å². The summed E-state index contributed by atoms with van der Waals surface area (Å²) in [5, 5.41) is 0. The van der Waals surface area contributed by atoms with E-state index in [-0.39, 0.29) is 5.90 Å². The fraction of sp³-hybridized carbons (Fsp3) is 0.500. The number of ether oxygens (including phenoxy) is 1. The summed E-state index contributed by atoms with van der Waals surface area (Å²) < 4.78 is 4.87. The van der Waals surface area contributed by atoms with Crippen molar-refractivity contribution < 1.29 is 14.3 Å². The van der Waals surface area contributed by atoms with Crippen molar-refractivity contribution in [3.8, 4) is 0 Å².